The summed E-state index contributed by atoms with van der Waals surface area (Å²) >= 11 is 0. The van der Waals surface area contributed by atoms with Crippen molar-refractivity contribution in [2.75, 3.05) is 19.6 Å². The Balaban J connectivity index is 1.67. The summed E-state index contributed by atoms with van der Waals surface area (Å²) in [5.74, 6) is 0. The predicted molar refractivity (Wildman–Crippen MR) is 54.2 cm³/mol. The summed E-state index contributed by atoms with van der Waals surface area (Å²) in [6.07, 6.45) is 5.65. The minimum absolute atomic E-state index is 0.0348. The van der Waals surface area contributed by atoms with Gasteiger partial charge in [-0.25, -0.2) is 4.79 Å². The standard InChI is InChI=1S/C9H15N5O/c15-9(13-5-1-2-6-13)10-3-7-14-8-4-11-12-14/h4,8H,1-3,5-7H2,(H,10,15). The number of aromatic nitrogens is 3. The number of nitrogens with one attached hydrogen (secondary N) is 1. The Morgan fingerprint density at radius 2 is 2.20 bits per heavy atom. The molecule has 1 aromatic rings. The highest BCUT2D eigenvalue weighted by molar-refractivity contribution is 5.74. The summed E-state index contributed by atoms with van der Waals surface area (Å²) in [5.41, 5.74) is 0. The molecule has 1 aliphatic heterocycles. The molecule has 15 heavy (non-hydrogen) atoms. The van der Waals surface area contributed by atoms with E-state index in [1.165, 1.54) is 0 Å². The van der Waals surface area contributed by atoms with Crippen molar-refractivity contribution >= 4 is 6.03 Å². The van der Waals surface area contributed by atoms with Crippen LogP contribution < -0.4 is 5.32 Å². The Kier molecular flexibility index (Phi) is 3.16. The van der Waals surface area contributed by atoms with Crippen molar-refractivity contribution in [3.05, 3.63) is 12.4 Å². The molecule has 2 heterocycles. The zero-order valence-corrected chi connectivity index (χ0v) is 8.59. The van der Waals surface area contributed by atoms with Gasteiger partial charge in [-0.1, -0.05) is 5.21 Å². The molecule has 0 unspecified atom stereocenters. The number of likely N-dealkylation sites (tertiary alicyclic amines) is 1. The van der Waals surface area contributed by atoms with Crippen LogP contribution in [-0.2, 0) is 6.54 Å². The van der Waals surface area contributed by atoms with Gasteiger partial charge in [0.05, 0.1) is 12.7 Å². The fraction of sp³-hybridized carbons (Fsp3) is 0.667. The van der Waals surface area contributed by atoms with Gasteiger partial charge >= 0.3 is 6.03 Å². The quantitative estimate of drug-likeness (QED) is 0.767. The van der Waals surface area contributed by atoms with Gasteiger partial charge in [0, 0.05) is 25.8 Å². The van der Waals surface area contributed by atoms with E-state index in [-0.39, 0.29) is 6.03 Å². The molecular weight excluding hydrogens is 194 g/mol. The summed E-state index contributed by atoms with van der Waals surface area (Å²) in [6, 6.07) is 0.0348. The highest BCUT2D eigenvalue weighted by Crippen LogP contribution is 2.06. The number of hydrogen-bond donors (Lipinski definition) is 1. The van der Waals surface area contributed by atoms with Crippen LogP contribution in [-0.4, -0.2) is 45.6 Å². The third-order valence-electron chi connectivity index (χ3n) is 2.48. The molecule has 2 rings (SSSR count). The molecule has 0 aliphatic carbocycles. The van der Waals surface area contributed by atoms with Crippen LogP contribution >= 0.6 is 0 Å². The Bertz CT molecular complexity index is 304. The Labute approximate surface area is 88.2 Å². The van der Waals surface area contributed by atoms with Gasteiger partial charge in [0.15, 0.2) is 0 Å². The van der Waals surface area contributed by atoms with Gasteiger partial charge in [-0.15, -0.1) is 5.10 Å². The van der Waals surface area contributed by atoms with Crippen molar-refractivity contribution in [2.24, 2.45) is 0 Å². The molecule has 1 fully saturated rings. The molecule has 6 nitrogen and oxygen atoms in total. The molecule has 1 N–H and O–H groups in total. The van der Waals surface area contributed by atoms with E-state index in [0.717, 1.165) is 25.9 Å². The average molecular weight is 209 g/mol. The molecule has 6 heteroatoms. The normalized spacial score (nSPS) is 15.6. The molecule has 0 spiro atoms. The first-order chi connectivity index (χ1) is 7.36. The van der Waals surface area contributed by atoms with E-state index >= 15 is 0 Å². The molecule has 2 amide bonds. The maximum absolute atomic E-state index is 11.5. The molecule has 1 saturated heterocycles. The van der Waals surface area contributed by atoms with Crippen LogP contribution in [0.5, 0.6) is 0 Å². The largest absolute Gasteiger partial charge is 0.336 e. The van der Waals surface area contributed by atoms with Crippen LogP contribution in [0.25, 0.3) is 0 Å². The van der Waals surface area contributed by atoms with Gasteiger partial charge in [0.25, 0.3) is 0 Å². The third-order valence-corrected chi connectivity index (χ3v) is 2.48. The van der Waals surface area contributed by atoms with Crippen LogP contribution in [0.4, 0.5) is 4.79 Å². The van der Waals surface area contributed by atoms with Crippen molar-refractivity contribution in [1.82, 2.24) is 25.2 Å². The summed E-state index contributed by atoms with van der Waals surface area (Å²) in [5, 5.41) is 10.4. The number of nitrogens with zero attached hydrogens (tertiary/aromatic N) is 4. The van der Waals surface area contributed by atoms with E-state index in [1.807, 2.05) is 4.90 Å². The van der Waals surface area contributed by atoms with Crippen LogP contribution in [0.3, 0.4) is 0 Å². The lowest BCUT2D eigenvalue weighted by Gasteiger charge is -2.15. The Morgan fingerprint density at radius 3 is 2.87 bits per heavy atom. The molecular formula is C9H15N5O. The lowest BCUT2D eigenvalue weighted by Crippen LogP contribution is -2.39. The van der Waals surface area contributed by atoms with Gasteiger partial charge in [-0.2, -0.15) is 0 Å². The smallest absolute Gasteiger partial charge is 0.317 e. The molecule has 82 valence electrons. The zero-order valence-electron chi connectivity index (χ0n) is 8.59. The number of urea groups is 1. The minimum atomic E-state index is 0.0348. The molecule has 0 atom stereocenters. The highest BCUT2D eigenvalue weighted by Gasteiger charge is 2.16. The van der Waals surface area contributed by atoms with Crippen molar-refractivity contribution in [2.45, 2.75) is 19.4 Å². The van der Waals surface area contributed by atoms with Gasteiger partial charge in [-0.05, 0) is 12.8 Å². The van der Waals surface area contributed by atoms with Crippen molar-refractivity contribution in [1.29, 1.82) is 0 Å². The molecule has 1 aliphatic rings. The first kappa shape index (κ1) is 9.95. The molecule has 0 radical (unpaired) electrons. The fourth-order valence-electron chi connectivity index (χ4n) is 1.66. The maximum Gasteiger partial charge on any atom is 0.317 e. The highest BCUT2D eigenvalue weighted by atomic mass is 16.2. The lowest BCUT2D eigenvalue weighted by atomic mass is 10.4. The van der Waals surface area contributed by atoms with Gasteiger partial charge in [-0.3, -0.25) is 4.68 Å². The number of carbonyl (C=O) groups excluding carboxylic acids is 1. The summed E-state index contributed by atoms with van der Waals surface area (Å²) in [7, 11) is 0. The minimum Gasteiger partial charge on any atom is -0.336 e. The van der Waals surface area contributed by atoms with Gasteiger partial charge < -0.3 is 10.2 Å². The van der Waals surface area contributed by atoms with E-state index in [4.69, 9.17) is 0 Å². The molecule has 0 saturated carbocycles. The zero-order chi connectivity index (χ0) is 10.5. The Morgan fingerprint density at radius 1 is 1.40 bits per heavy atom. The van der Waals surface area contributed by atoms with E-state index in [9.17, 15) is 4.79 Å². The fourth-order valence-corrected chi connectivity index (χ4v) is 1.66. The van der Waals surface area contributed by atoms with Gasteiger partial charge in [0.1, 0.15) is 0 Å². The number of hydrogen-bond acceptors (Lipinski definition) is 3. The van der Waals surface area contributed by atoms with E-state index in [2.05, 4.69) is 15.6 Å². The maximum atomic E-state index is 11.5. The SMILES string of the molecule is O=C(NCCn1ccnn1)N1CCCC1. The first-order valence-corrected chi connectivity index (χ1v) is 5.23. The lowest BCUT2D eigenvalue weighted by molar-refractivity contribution is 0.208. The third kappa shape index (κ3) is 2.68. The van der Waals surface area contributed by atoms with Gasteiger partial charge in [0.2, 0.25) is 0 Å². The number of amides is 2. The van der Waals surface area contributed by atoms with E-state index in [0.29, 0.717) is 13.1 Å². The van der Waals surface area contributed by atoms with Crippen LogP contribution in [0.15, 0.2) is 12.4 Å². The summed E-state index contributed by atoms with van der Waals surface area (Å²) in [4.78, 5) is 13.4. The Hall–Kier alpha value is -1.59. The van der Waals surface area contributed by atoms with Crippen LogP contribution in [0.1, 0.15) is 12.8 Å². The van der Waals surface area contributed by atoms with E-state index < -0.39 is 0 Å². The van der Waals surface area contributed by atoms with Crippen molar-refractivity contribution < 1.29 is 4.79 Å². The van der Waals surface area contributed by atoms with Crippen LogP contribution in [0.2, 0.25) is 0 Å². The first-order valence-electron chi connectivity index (χ1n) is 5.23. The second kappa shape index (κ2) is 4.77. The van der Waals surface area contributed by atoms with Crippen LogP contribution in [0, 0.1) is 0 Å². The number of carbonyl (C=O) groups is 1. The topological polar surface area (TPSA) is 63.1 Å². The molecule has 0 bridgehead atoms. The van der Waals surface area contributed by atoms with Crippen molar-refractivity contribution in [3.8, 4) is 0 Å². The number of rotatable bonds is 3. The summed E-state index contributed by atoms with van der Waals surface area (Å²) in [6.45, 7) is 3.03. The molecule has 0 aromatic carbocycles. The van der Waals surface area contributed by atoms with E-state index in [1.54, 1.807) is 17.1 Å². The second-order valence-electron chi connectivity index (χ2n) is 3.59. The molecule has 1 aromatic heterocycles. The monoisotopic (exact) mass is 209 g/mol. The van der Waals surface area contributed by atoms with Crippen molar-refractivity contribution in [3.63, 3.8) is 0 Å². The predicted octanol–water partition coefficient (Wildman–Crippen LogP) is 0.0835. The summed E-state index contributed by atoms with van der Waals surface area (Å²) < 4.78 is 1.70. The average Bonchev–Trinajstić information content (AvgIpc) is 2.90. The second-order valence-corrected chi connectivity index (χ2v) is 3.59.